The van der Waals surface area contributed by atoms with Gasteiger partial charge in [0.1, 0.15) is 5.75 Å². The summed E-state index contributed by atoms with van der Waals surface area (Å²) < 4.78 is 5.75. The molecule has 0 spiro atoms. The third-order valence-electron chi connectivity index (χ3n) is 4.88. The minimum atomic E-state index is 0.737. The second kappa shape index (κ2) is 7.42. The van der Waals surface area contributed by atoms with E-state index >= 15 is 0 Å². The standard InChI is InChI=1S/C23H18Br2O/c1-26-21-12-16-7-3-5-9-19(16)23(20(21)14-25)22-17(13-24)11-10-15-6-2-4-8-18(15)22/h2-12H,13-14H2,1H3. The summed E-state index contributed by atoms with van der Waals surface area (Å²) in [5, 5.41) is 6.50. The summed E-state index contributed by atoms with van der Waals surface area (Å²) in [6, 6.07) is 23.7. The first-order valence-corrected chi connectivity index (χ1v) is 10.7. The van der Waals surface area contributed by atoms with Crippen molar-refractivity contribution in [2.45, 2.75) is 10.7 Å². The molecule has 0 saturated heterocycles. The summed E-state index contributed by atoms with van der Waals surface area (Å²) >= 11 is 7.40. The molecular weight excluding hydrogens is 452 g/mol. The van der Waals surface area contributed by atoms with Gasteiger partial charge in [-0.3, -0.25) is 0 Å². The Labute approximate surface area is 170 Å². The Hall–Kier alpha value is -1.84. The van der Waals surface area contributed by atoms with Crippen molar-refractivity contribution in [2.75, 3.05) is 7.11 Å². The van der Waals surface area contributed by atoms with Crippen molar-refractivity contribution in [3.63, 3.8) is 0 Å². The summed E-state index contributed by atoms with van der Waals surface area (Å²) in [6.07, 6.45) is 0. The van der Waals surface area contributed by atoms with Gasteiger partial charge >= 0.3 is 0 Å². The lowest BCUT2D eigenvalue weighted by atomic mass is 9.87. The van der Waals surface area contributed by atoms with E-state index in [2.05, 4.69) is 98.6 Å². The molecule has 0 radical (unpaired) electrons. The first kappa shape index (κ1) is 17.6. The molecule has 0 amide bonds. The Morgan fingerprint density at radius 2 is 1.38 bits per heavy atom. The van der Waals surface area contributed by atoms with Crippen LogP contribution in [0.2, 0.25) is 0 Å². The second-order valence-corrected chi connectivity index (χ2v) is 7.36. The average molecular weight is 470 g/mol. The lowest BCUT2D eigenvalue weighted by Gasteiger charge is -2.20. The highest BCUT2D eigenvalue weighted by Gasteiger charge is 2.19. The van der Waals surface area contributed by atoms with Crippen molar-refractivity contribution in [3.8, 4) is 16.9 Å². The molecule has 0 saturated carbocycles. The molecule has 26 heavy (non-hydrogen) atoms. The average Bonchev–Trinajstić information content (AvgIpc) is 2.71. The van der Waals surface area contributed by atoms with E-state index in [0.29, 0.717) is 0 Å². The summed E-state index contributed by atoms with van der Waals surface area (Å²) in [7, 11) is 1.74. The number of rotatable bonds is 4. The molecule has 0 aliphatic rings. The van der Waals surface area contributed by atoms with Gasteiger partial charge < -0.3 is 4.74 Å². The first-order chi connectivity index (χ1) is 12.8. The normalized spacial score (nSPS) is 11.2. The Balaban J connectivity index is 2.24. The van der Waals surface area contributed by atoms with Gasteiger partial charge in [0.2, 0.25) is 0 Å². The van der Waals surface area contributed by atoms with E-state index in [0.717, 1.165) is 16.4 Å². The van der Waals surface area contributed by atoms with Crippen LogP contribution in [0.4, 0.5) is 0 Å². The van der Waals surface area contributed by atoms with Crippen LogP contribution in [0.1, 0.15) is 11.1 Å². The second-order valence-electron chi connectivity index (χ2n) is 6.24. The Morgan fingerprint density at radius 1 is 0.731 bits per heavy atom. The summed E-state index contributed by atoms with van der Waals surface area (Å²) in [6.45, 7) is 0. The molecule has 4 rings (SSSR count). The SMILES string of the molecule is COc1cc2ccccc2c(-c2c(CBr)ccc3ccccc23)c1CBr. The number of ether oxygens (including phenoxy) is 1. The number of benzene rings is 4. The van der Waals surface area contributed by atoms with Crippen LogP contribution in [-0.2, 0) is 10.7 Å². The van der Waals surface area contributed by atoms with Gasteiger partial charge in [-0.2, -0.15) is 0 Å². The lowest BCUT2D eigenvalue weighted by molar-refractivity contribution is 0.412. The summed E-state index contributed by atoms with van der Waals surface area (Å²) in [5.74, 6) is 0.920. The third-order valence-corrected chi connectivity index (χ3v) is 6.04. The molecule has 0 atom stereocenters. The fraction of sp³-hybridized carbons (Fsp3) is 0.130. The maximum absolute atomic E-state index is 5.75. The van der Waals surface area contributed by atoms with Gasteiger partial charge in [0, 0.05) is 16.2 Å². The van der Waals surface area contributed by atoms with Crippen molar-refractivity contribution < 1.29 is 4.74 Å². The molecule has 0 aliphatic carbocycles. The summed E-state index contributed by atoms with van der Waals surface area (Å²) in [5.41, 5.74) is 5.00. The maximum Gasteiger partial charge on any atom is 0.124 e. The molecule has 1 nitrogen and oxygen atoms in total. The molecule has 0 aliphatic heterocycles. The van der Waals surface area contributed by atoms with E-state index in [4.69, 9.17) is 4.74 Å². The van der Waals surface area contributed by atoms with Gasteiger partial charge in [-0.15, -0.1) is 0 Å². The monoisotopic (exact) mass is 468 g/mol. The number of hydrogen-bond acceptors (Lipinski definition) is 1. The minimum Gasteiger partial charge on any atom is -0.496 e. The van der Waals surface area contributed by atoms with Crippen molar-refractivity contribution in [1.82, 2.24) is 0 Å². The predicted molar refractivity (Wildman–Crippen MR) is 119 cm³/mol. The maximum atomic E-state index is 5.75. The van der Waals surface area contributed by atoms with Crippen LogP contribution in [0, 0.1) is 0 Å². The topological polar surface area (TPSA) is 9.23 Å². The number of hydrogen-bond donors (Lipinski definition) is 0. The van der Waals surface area contributed by atoms with E-state index in [1.807, 2.05) is 0 Å². The molecule has 0 bridgehead atoms. The van der Waals surface area contributed by atoms with Gasteiger partial charge in [0.15, 0.2) is 0 Å². The predicted octanol–water partition coefficient (Wildman–Crippen LogP) is 7.46. The first-order valence-electron chi connectivity index (χ1n) is 8.50. The van der Waals surface area contributed by atoms with Crippen molar-refractivity contribution >= 4 is 53.4 Å². The largest absolute Gasteiger partial charge is 0.496 e. The van der Waals surface area contributed by atoms with Crippen LogP contribution in [0.15, 0.2) is 66.7 Å². The van der Waals surface area contributed by atoms with E-state index in [1.165, 1.54) is 43.8 Å². The molecule has 4 aromatic carbocycles. The highest BCUT2D eigenvalue weighted by atomic mass is 79.9. The van der Waals surface area contributed by atoms with Crippen LogP contribution in [0.3, 0.4) is 0 Å². The van der Waals surface area contributed by atoms with E-state index < -0.39 is 0 Å². The van der Waals surface area contributed by atoms with E-state index in [-0.39, 0.29) is 0 Å². The highest BCUT2D eigenvalue weighted by Crippen LogP contribution is 2.43. The van der Waals surface area contributed by atoms with Gasteiger partial charge in [-0.1, -0.05) is 92.5 Å². The smallest absolute Gasteiger partial charge is 0.124 e. The molecule has 130 valence electrons. The number of fused-ring (bicyclic) bond motifs is 2. The zero-order valence-corrected chi connectivity index (χ0v) is 17.6. The van der Waals surface area contributed by atoms with Crippen molar-refractivity contribution in [2.24, 2.45) is 0 Å². The van der Waals surface area contributed by atoms with E-state index in [9.17, 15) is 0 Å². The third kappa shape index (κ3) is 2.83. The quantitative estimate of drug-likeness (QED) is 0.282. The number of halogens is 2. The molecular formula is C23H18Br2O. The Morgan fingerprint density at radius 3 is 2.04 bits per heavy atom. The highest BCUT2D eigenvalue weighted by molar-refractivity contribution is 9.08. The van der Waals surface area contributed by atoms with Gasteiger partial charge in [-0.05, 0) is 44.3 Å². The molecule has 0 N–H and O–H groups in total. The zero-order valence-electron chi connectivity index (χ0n) is 14.4. The van der Waals surface area contributed by atoms with Crippen LogP contribution >= 0.6 is 31.9 Å². The lowest BCUT2D eigenvalue weighted by Crippen LogP contribution is -1.98. The van der Waals surface area contributed by atoms with Crippen LogP contribution in [-0.4, -0.2) is 7.11 Å². The molecule has 0 aromatic heterocycles. The van der Waals surface area contributed by atoms with Crippen LogP contribution < -0.4 is 4.74 Å². The fourth-order valence-corrected chi connectivity index (χ4v) is 4.71. The van der Waals surface area contributed by atoms with Crippen LogP contribution in [0.25, 0.3) is 32.7 Å². The van der Waals surface area contributed by atoms with Crippen molar-refractivity contribution in [1.29, 1.82) is 0 Å². The molecule has 0 fully saturated rings. The number of methoxy groups -OCH3 is 1. The summed E-state index contributed by atoms with van der Waals surface area (Å²) in [4.78, 5) is 0. The van der Waals surface area contributed by atoms with Crippen molar-refractivity contribution in [3.05, 3.63) is 77.9 Å². The van der Waals surface area contributed by atoms with E-state index in [1.54, 1.807) is 7.11 Å². The Bertz CT molecular complexity index is 1100. The van der Waals surface area contributed by atoms with Gasteiger partial charge in [0.25, 0.3) is 0 Å². The molecule has 3 heteroatoms. The Kier molecular flexibility index (Phi) is 5.01. The minimum absolute atomic E-state index is 0.737. The molecule has 4 aromatic rings. The van der Waals surface area contributed by atoms with Crippen LogP contribution in [0.5, 0.6) is 5.75 Å². The molecule has 0 heterocycles. The zero-order chi connectivity index (χ0) is 18.1. The van der Waals surface area contributed by atoms with Gasteiger partial charge in [0.05, 0.1) is 7.11 Å². The fourth-order valence-electron chi connectivity index (χ4n) is 3.69. The van der Waals surface area contributed by atoms with Gasteiger partial charge in [-0.25, -0.2) is 0 Å². The number of alkyl halides is 2. The molecule has 0 unspecified atom stereocenters.